The fourth-order valence-corrected chi connectivity index (χ4v) is 3.36. The minimum absolute atomic E-state index is 0.433. The van der Waals surface area contributed by atoms with Gasteiger partial charge in [0.1, 0.15) is 5.25 Å². The molecule has 0 bridgehead atoms. The van der Waals surface area contributed by atoms with E-state index in [1.807, 2.05) is 13.0 Å². The molecule has 0 fully saturated rings. The zero-order chi connectivity index (χ0) is 15.0. The smallest absolute Gasteiger partial charge is 0.304 e. The van der Waals surface area contributed by atoms with Gasteiger partial charge in [-0.25, -0.2) is 13.2 Å². The third kappa shape index (κ3) is 2.73. The molecule has 6 nitrogen and oxygen atoms in total. The third-order valence-electron chi connectivity index (χ3n) is 3.15. The van der Waals surface area contributed by atoms with Crippen LogP contribution in [-0.2, 0) is 10.0 Å². The van der Waals surface area contributed by atoms with Crippen molar-refractivity contribution in [3.05, 3.63) is 53.8 Å². The Bertz CT molecular complexity index is 807. The Kier molecular flexibility index (Phi) is 3.13. The molecule has 3 rings (SSSR count). The minimum atomic E-state index is -3.63. The van der Waals surface area contributed by atoms with Crippen molar-refractivity contribution in [1.82, 2.24) is 5.32 Å². The molecule has 2 N–H and O–H groups in total. The lowest BCUT2D eigenvalue weighted by Crippen LogP contribution is -2.29. The summed E-state index contributed by atoms with van der Waals surface area (Å²) in [7, 11) is -3.63. The summed E-state index contributed by atoms with van der Waals surface area (Å²) in [5.74, 6) is 0. The molecule has 0 radical (unpaired) electrons. The maximum Gasteiger partial charge on any atom is 0.346 e. The molecule has 1 heterocycles. The maximum atomic E-state index is 12.4. The molecular weight excluding hydrogens is 290 g/mol. The number of amides is 2. The van der Waals surface area contributed by atoms with Crippen molar-refractivity contribution in [2.75, 3.05) is 4.72 Å². The number of nitrogens with zero attached hydrogens (tertiary/aromatic N) is 1. The number of allylic oxidation sites excluding steroid dienone is 1. The van der Waals surface area contributed by atoms with Gasteiger partial charge in [-0.2, -0.15) is 4.99 Å². The molecule has 0 saturated carbocycles. The van der Waals surface area contributed by atoms with Gasteiger partial charge in [-0.3, -0.25) is 4.72 Å². The molecule has 0 saturated heterocycles. The molecule has 1 aromatic carbocycles. The summed E-state index contributed by atoms with van der Waals surface area (Å²) in [6.45, 7) is 1.89. The lowest BCUT2D eigenvalue weighted by molar-refractivity contribution is 0.253. The van der Waals surface area contributed by atoms with Crippen LogP contribution in [0.4, 0.5) is 10.5 Å². The van der Waals surface area contributed by atoms with Crippen molar-refractivity contribution < 1.29 is 13.2 Å². The van der Waals surface area contributed by atoms with Gasteiger partial charge in [0.2, 0.25) is 10.0 Å². The van der Waals surface area contributed by atoms with Crippen LogP contribution in [0.15, 0.2) is 53.2 Å². The lowest BCUT2D eigenvalue weighted by atomic mass is 10.1. The van der Waals surface area contributed by atoms with Gasteiger partial charge >= 0.3 is 6.03 Å². The van der Waals surface area contributed by atoms with Crippen LogP contribution in [0, 0.1) is 6.92 Å². The second-order valence-electron chi connectivity index (χ2n) is 4.85. The van der Waals surface area contributed by atoms with Crippen molar-refractivity contribution in [3.8, 4) is 0 Å². The van der Waals surface area contributed by atoms with Crippen LogP contribution < -0.4 is 10.0 Å². The molecule has 21 heavy (non-hydrogen) atoms. The predicted molar refractivity (Wildman–Crippen MR) is 80.7 cm³/mol. The maximum absolute atomic E-state index is 12.4. The van der Waals surface area contributed by atoms with E-state index in [0.29, 0.717) is 17.1 Å². The fourth-order valence-electron chi connectivity index (χ4n) is 2.17. The van der Waals surface area contributed by atoms with Crippen LogP contribution in [0.25, 0.3) is 0 Å². The Morgan fingerprint density at radius 1 is 1.33 bits per heavy atom. The summed E-state index contributed by atoms with van der Waals surface area (Å²) >= 11 is 0. The topological polar surface area (TPSA) is 87.6 Å². The second-order valence-corrected chi connectivity index (χ2v) is 6.69. The molecule has 2 amide bonds. The zero-order valence-electron chi connectivity index (χ0n) is 11.2. The van der Waals surface area contributed by atoms with Crippen LogP contribution in [0.2, 0.25) is 0 Å². The predicted octanol–water partition coefficient (Wildman–Crippen LogP) is 1.72. The average Bonchev–Trinajstić information content (AvgIpc) is 2.77. The number of benzene rings is 1. The SMILES string of the molecule is Cc1cccc(NS(=O)(=O)C2C=CC3=NC(=O)NC3=C2)c1. The third-order valence-corrected chi connectivity index (χ3v) is 4.68. The molecule has 0 aromatic heterocycles. The molecule has 1 atom stereocenters. The molecule has 0 spiro atoms. The average molecular weight is 303 g/mol. The molecule has 2 aliphatic rings. The van der Waals surface area contributed by atoms with Crippen LogP contribution in [0.3, 0.4) is 0 Å². The number of carbonyl (C=O) groups excluding carboxylic acids is 1. The monoisotopic (exact) mass is 303 g/mol. The second kappa shape index (κ2) is 4.85. The molecule has 1 aromatic rings. The van der Waals surface area contributed by atoms with Crippen molar-refractivity contribution in [2.45, 2.75) is 12.2 Å². The van der Waals surface area contributed by atoms with Gasteiger partial charge in [0.15, 0.2) is 0 Å². The molecule has 1 unspecified atom stereocenters. The quantitative estimate of drug-likeness (QED) is 0.891. The normalized spacial score (nSPS) is 20.4. The van der Waals surface area contributed by atoms with Gasteiger partial charge in [-0.1, -0.05) is 18.2 Å². The van der Waals surface area contributed by atoms with Crippen molar-refractivity contribution in [1.29, 1.82) is 0 Å². The number of aryl methyl sites for hydroxylation is 1. The minimum Gasteiger partial charge on any atom is -0.304 e. The first-order valence-corrected chi connectivity index (χ1v) is 7.87. The molecular formula is C14H13N3O3S. The highest BCUT2D eigenvalue weighted by molar-refractivity contribution is 7.93. The Balaban J connectivity index is 1.85. The standard InChI is InChI=1S/C14H13N3O3S/c1-9-3-2-4-10(7-9)17-21(19,20)11-5-6-12-13(8-11)16-14(18)15-12/h2-8,11,17H,1H3,(H,16,18). The number of hydrogen-bond donors (Lipinski definition) is 2. The number of anilines is 1. The summed E-state index contributed by atoms with van der Waals surface area (Å²) < 4.78 is 27.3. The Labute approximate surface area is 122 Å². The van der Waals surface area contributed by atoms with E-state index in [9.17, 15) is 13.2 Å². The Hall–Kier alpha value is -2.41. The fraction of sp³-hybridized carbons (Fsp3) is 0.143. The highest BCUT2D eigenvalue weighted by atomic mass is 32.2. The molecule has 108 valence electrons. The van der Waals surface area contributed by atoms with E-state index >= 15 is 0 Å². The number of sulfonamides is 1. The van der Waals surface area contributed by atoms with Crippen LogP contribution in [-0.4, -0.2) is 25.4 Å². The van der Waals surface area contributed by atoms with Gasteiger partial charge in [-0.05, 0) is 36.8 Å². The number of hydrogen-bond acceptors (Lipinski definition) is 3. The largest absolute Gasteiger partial charge is 0.346 e. The highest BCUT2D eigenvalue weighted by Crippen LogP contribution is 2.20. The number of carbonyl (C=O) groups is 1. The summed E-state index contributed by atoms with van der Waals surface area (Å²) in [4.78, 5) is 14.9. The van der Waals surface area contributed by atoms with Gasteiger partial charge < -0.3 is 5.32 Å². The number of fused-ring (bicyclic) bond motifs is 1. The first-order chi connectivity index (χ1) is 9.94. The van der Waals surface area contributed by atoms with Gasteiger partial charge in [-0.15, -0.1) is 0 Å². The summed E-state index contributed by atoms with van der Waals surface area (Å²) in [5, 5.41) is 1.65. The molecule has 1 aliphatic carbocycles. The van der Waals surface area contributed by atoms with Gasteiger partial charge in [0, 0.05) is 5.69 Å². The summed E-state index contributed by atoms with van der Waals surface area (Å²) in [6.07, 6.45) is 4.51. The van der Waals surface area contributed by atoms with E-state index in [1.54, 1.807) is 18.2 Å². The number of rotatable bonds is 3. The Morgan fingerprint density at radius 2 is 2.14 bits per heavy atom. The van der Waals surface area contributed by atoms with Crippen molar-refractivity contribution in [3.63, 3.8) is 0 Å². The molecule has 1 aliphatic heterocycles. The molecule has 7 heteroatoms. The van der Waals surface area contributed by atoms with E-state index in [1.165, 1.54) is 18.2 Å². The van der Waals surface area contributed by atoms with E-state index in [4.69, 9.17) is 0 Å². The van der Waals surface area contributed by atoms with Crippen molar-refractivity contribution >= 4 is 27.5 Å². The lowest BCUT2D eigenvalue weighted by Gasteiger charge is -2.16. The first-order valence-electron chi connectivity index (χ1n) is 6.32. The Morgan fingerprint density at radius 3 is 2.90 bits per heavy atom. The first kappa shape index (κ1) is 13.6. The van der Waals surface area contributed by atoms with Crippen LogP contribution in [0.5, 0.6) is 0 Å². The number of aliphatic imine (C=N–C) groups is 1. The van der Waals surface area contributed by atoms with E-state index in [0.717, 1.165) is 5.56 Å². The van der Waals surface area contributed by atoms with Crippen LogP contribution >= 0.6 is 0 Å². The summed E-state index contributed by atoms with van der Waals surface area (Å²) in [6, 6.07) is 6.63. The van der Waals surface area contributed by atoms with Gasteiger partial charge in [0.25, 0.3) is 0 Å². The van der Waals surface area contributed by atoms with E-state index < -0.39 is 21.3 Å². The van der Waals surface area contributed by atoms with E-state index in [2.05, 4.69) is 15.0 Å². The zero-order valence-corrected chi connectivity index (χ0v) is 12.0. The number of urea groups is 1. The van der Waals surface area contributed by atoms with Crippen molar-refractivity contribution in [2.24, 2.45) is 4.99 Å². The van der Waals surface area contributed by atoms with Gasteiger partial charge in [0.05, 0.1) is 11.4 Å². The summed E-state index contributed by atoms with van der Waals surface area (Å²) in [5.41, 5.74) is 2.37. The highest BCUT2D eigenvalue weighted by Gasteiger charge is 2.28. The van der Waals surface area contributed by atoms with Crippen LogP contribution in [0.1, 0.15) is 5.56 Å². The van der Waals surface area contributed by atoms with E-state index in [-0.39, 0.29) is 0 Å². The number of nitrogens with one attached hydrogen (secondary N) is 2.